The van der Waals surface area contributed by atoms with Gasteiger partial charge < -0.3 is 33.3 Å². The highest BCUT2D eigenvalue weighted by atomic mass is 16.6. The zero-order valence-electron chi connectivity index (χ0n) is 26.7. The number of allylic oxidation sites excluding steroid dienone is 2. The second kappa shape index (κ2) is 11.3. The zero-order chi connectivity index (χ0) is 32.4. The Bertz CT molecular complexity index is 1390. The van der Waals surface area contributed by atoms with E-state index in [0.29, 0.717) is 18.3 Å². The lowest BCUT2D eigenvalue weighted by Crippen LogP contribution is -2.73. The maximum atomic E-state index is 13.3. The van der Waals surface area contributed by atoms with Crippen LogP contribution in [-0.2, 0) is 38.1 Å². The number of carbonyl (C=O) groups excluding carboxylic acids is 4. The van der Waals surface area contributed by atoms with Gasteiger partial charge in [-0.15, -0.1) is 0 Å². The van der Waals surface area contributed by atoms with Crippen LogP contribution in [-0.4, -0.2) is 66.9 Å². The van der Waals surface area contributed by atoms with E-state index in [1.54, 1.807) is 39.4 Å². The number of carbonyl (C=O) groups is 4. The number of hydrogen-bond donors (Lipinski definition) is 1. The minimum Gasteiger partial charge on any atom is -0.472 e. The summed E-state index contributed by atoms with van der Waals surface area (Å²) in [4.78, 5) is 52.3. The number of esters is 3. The van der Waals surface area contributed by atoms with Crippen LogP contribution in [0.4, 0.5) is 0 Å². The number of aldehydes is 1. The maximum Gasteiger partial charge on any atom is 0.333 e. The molecule has 1 aromatic heterocycles. The van der Waals surface area contributed by atoms with E-state index in [2.05, 4.69) is 6.92 Å². The quantitative estimate of drug-likeness (QED) is 0.154. The first-order chi connectivity index (χ1) is 20.7. The lowest BCUT2D eigenvalue weighted by Gasteiger charge is -2.66. The summed E-state index contributed by atoms with van der Waals surface area (Å²) < 4.78 is 29.8. The van der Waals surface area contributed by atoms with Crippen molar-refractivity contribution in [2.45, 2.75) is 104 Å². The van der Waals surface area contributed by atoms with Crippen molar-refractivity contribution in [2.75, 3.05) is 7.11 Å². The fourth-order valence-corrected chi connectivity index (χ4v) is 9.41. The highest BCUT2D eigenvalue weighted by Crippen LogP contribution is 2.72. The molecule has 11 atom stereocenters. The van der Waals surface area contributed by atoms with Crippen molar-refractivity contribution in [3.8, 4) is 0 Å². The summed E-state index contributed by atoms with van der Waals surface area (Å²) in [6, 6.07) is 1.93. The Balaban J connectivity index is 1.79. The van der Waals surface area contributed by atoms with E-state index in [1.807, 2.05) is 19.9 Å². The first kappa shape index (κ1) is 32.2. The molecule has 10 nitrogen and oxygen atoms in total. The first-order valence-corrected chi connectivity index (χ1v) is 15.3. The van der Waals surface area contributed by atoms with Crippen molar-refractivity contribution in [1.82, 2.24) is 0 Å². The van der Waals surface area contributed by atoms with Gasteiger partial charge in [0.1, 0.15) is 24.6 Å². The minimum atomic E-state index is -1.42. The number of aliphatic hydroxyl groups excluding tert-OH is 1. The van der Waals surface area contributed by atoms with Crippen molar-refractivity contribution < 1.29 is 47.6 Å². The highest BCUT2D eigenvalue weighted by molar-refractivity contribution is 5.87. The Kier molecular flexibility index (Phi) is 8.25. The number of aliphatic hydroxyl groups is 1. The maximum absolute atomic E-state index is 13.3. The normalized spacial score (nSPS) is 41.3. The lowest BCUT2D eigenvalue weighted by molar-refractivity contribution is -0.279. The standard InChI is InChI=1S/C34H44O10/c1-9-17(2)31(39)44-25-14-24(37)32(5,16-35)29-28(42-19(4)36)30-34(7,23(33(25,29)6)13-26(38)40-8)27-18(3)21(12-22(27)43-30)20-10-11-41-15-20/h9-11,15-16,21-25,28-30,37H,12-14H2,1-8H3/b17-9+/t21-,22-,23-,24-,25+,28-,29+,30-,32-,33+,34-/m1/s1. The molecule has 1 aliphatic heterocycles. The Morgan fingerprint density at radius 1 is 1.14 bits per heavy atom. The van der Waals surface area contributed by atoms with Gasteiger partial charge in [0.15, 0.2) is 0 Å². The van der Waals surface area contributed by atoms with Crippen molar-refractivity contribution in [1.29, 1.82) is 0 Å². The summed E-state index contributed by atoms with van der Waals surface area (Å²) in [5.41, 5.74) is -0.00747. The molecule has 0 spiro atoms. The smallest absolute Gasteiger partial charge is 0.333 e. The lowest BCUT2D eigenvalue weighted by atomic mass is 9.39. The van der Waals surface area contributed by atoms with E-state index in [0.717, 1.165) is 16.7 Å². The summed E-state index contributed by atoms with van der Waals surface area (Å²) >= 11 is 0. The van der Waals surface area contributed by atoms with E-state index < -0.39 is 70.4 Å². The SMILES string of the molecule is C/C=C(\C)C(=O)O[C@H]1C[C@@H](O)[C@@](C)(C=O)[C@@H]2[C@@H](OC(C)=O)[C@H]3O[C@@H]4C[C@@H](c5ccoc5)C(C)=C4[C@@]3(C)[C@H](CC(=O)OC)[C@@]12C. The van der Waals surface area contributed by atoms with Gasteiger partial charge in [-0.05, 0) is 57.2 Å². The molecule has 44 heavy (non-hydrogen) atoms. The van der Waals surface area contributed by atoms with E-state index in [-0.39, 0.29) is 24.9 Å². The van der Waals surface area contributed by atoms with Gasteiger partial charge in [0.2, 0.25) is 0 Å². The minimum absolute atomic E-state index is 0.0161. The van der Waals surface area contributed by atoms with Crippen LogP contribution < -0.4 is 0 Å². The molecule has 4 aliphatic rings. The third kappa shape index (κ3) is 4.50. The van der Waals surface area contributed by atoms with Crippen molar-refractivity contribution in [2.24, 2.45) is 28.1 Å². The molecule has 0 amide bonds. The predicted octanol–water partition coefficient (Wildman–Crippen LogP) is 4.45. The van der Waals surface area contributed by atoms with Gasteiger partial charge in [-0.3, -0.25) is 9.59 Å². The number of ether oxygens (including phenoxy) is 4. The second-order valence-electron chi connectivity index (χ2n) is 13.6. The van der Waals surface area contributed by atoms with Gasteiger partial charge in [-0.1, -0.05) is 25.5 Å². The van der Waals surface area contributed by atoms with Gasteiger partial charge in [0.25, 0.3) is 0 Å². The largest absolute Gasteiger partial charge is 0.472 e. The van der Waals surface area contributed by atoms with Crippen molar-refractivity contribution in [3.63, 3.8) is 0 Å². The van der Waals surface area contributed by atoms with Gasteiger partial charge >= 0.3 is 17.9 Å². The van der Waals surface area contributed by atoms with E-state index in [4.69, 9.17) is 23.4 Å². The van der Waals surface area contributed by atoms with Crippen LogP contribution in [0.3, 0.4) is 0 Å². The molecule has 1 aromatic rings. The summed E-state index contributed by atoms with van der Waals surface area (Å²) in [5.74, 6) is -3.06. The molecule has 1 saturated heterocycles. The van der Waals surface area contributed by atoms with E-state index in [1.165, 1.54) is 14.0 Å². The van der Waals surface area contributed by atoms with Crippen LogP contribution in [0.5, 0.6) is 0 Å². The van der Waals surface area contributed by atoms with E-state index in [9.17, 15) is 24.3 Å². The Labute approximate surface area is 258 Å². The molecule has 1 N–H and O–H groups in total. The molecular formula is C34H44O10. The number of rotatable bonds is 7. The molecular weight excluding hydrogens is 568 g/mol. The van der Waals surface area contributed by atoms with Crippen LogP contribution in [0.1, 0.15) is 79.2 Å². The second-order valence-corrected chi connectivity index (χ2v) is 13.6. The predicted molar refractivity (Wildman–Crippen MR) is 157 cm³/mol. The summed E-state index contributed by atoms with van der Waals surface area (Å²) in [5, 5.41) is 11.5. The molecule has 5 rings (SSSR count). The van der Waals surface area contributed by atoms with Crippen LogP contribution in [0.25, 0.3) is 0 Å². The third-order valence-corrected chi connectivity index (χ3v) is 11.6. The molecule has 240 valence electrons. The Morgan fingerprint density at radius 2 is 1.84 bits per heavy atom. The molecule has 3 aliphatic carbocycles. The summed E-state index contributed by atoms with van der Waals surface area (Å²) in [6.45, 7) is 12.3. The Hall–Kier alpha value is -3.24. The molecule has 3 fully saturated rings. The first-order valence-electron chi connectivity index (χ1n) is 15.3. The van der Waals surface area contributed by atoms with Crippen LogP contribution in [0.15, 0.2) is 45.8 Å². The molecule has 0 bridgehead atoms. The summed E-state index contributed by atoms with van der Waals surface area (Å²) in [7, 11) is 1.32. The van der Waals surface area contributed by atoms with Crippen LogP contribution in [0.2, 0.25) is 0 Å². The molecule has 0 unspecified atom stereocenters. The van der Waals surface area contributed by atoms with Gasteiger partial charge in [0, 0.05) is 48.0 Å². The average Bonchev–Trinajstić information content (AvgIpc) is 3.69. The number of hydrogen-bond acceptors (Lipinski definition) is 10. The average molecular weight is 613 g/mol. The zero-order valence-corrected chi connectivity index (χ0v) is 26.7. The summed E-state index contributed by atoms with van der Waals surface area (Å²) in [6.07, 6.45) is 1.94. The number of fused-ring (bicyclic) bond motifs is 4. The van der Waals surface area contributed by atoms with Gasteiger partial charge in [-0.25, -0.2) is 4.79 Å². The number of methoxy groups -OCH3 is 1. The van der Waals surface area contributed by atoms with Crippen molar-refractivity contribution >= 4 is 24.2 Å². The van der Waals surface area contributed by atoms with Crippen LogP contribution >= 0.6 is 0 Å². The van der Waals surface area contributed by atoms with Crippen LogP contribution in [0, 0.1) is 28.1 Å². The molecule has 0 radical (unpaired) electrons. The van der Waals surface area contributed by atoms with E-state index >= 15 is 0 Å². The fourth-order valence-electron chi connectivity index (χ4n) is 9.41. The highest BCUT2D eigenvalue weighted by Gasteiger charge is 2.76. The van der Waals surface area contributed by atoms with Gasteiger partial charge in [-0.2, -0.15) is 0 Å². The van der Waals surface area contributed by atoms with Gasteiger partial charge in [0.05, 0.1) is 37.3 Å². The molecule has 2 saturated carbocycles. The topological polar surface area (TPSA) is 139 Å². The monoisotopic (exact) mass is 612 g/mol. The molecule has 10 heteroatoms. The third-order valence-electron chi connectivity index (χ3n) is 11.6. The molecule has 2 heterocycles. The number of furan rings is 1. The Morgan fingerprint density at radius 3 is 2.41 bits per heavy atom. The fraction of sp³-hybridized carbons (Fsp3) is 0.647. The van der Waals surface area contributed by atoms with Crippen molar-refractivity contribution in [3.05, 3.63) is 47.0 Å². The molecule has 0 aromatic carbocycles.